The van der Waals surface area contributed by atoms with E-state index in [1.165, 1.54) is 19.3 Å². The van der Waals surface area contributed by atoms with Crippen molar-refractivity contribution in [3.05, 3.63) is 36.5 Å². The number of alkyl halides is 1. The summed E-state index contributed by atoms with van der Waals surface area (Å²) in [5.74, 6) is 0.302. The van der Waals surface area contributed by atoms with Crippen LogP contribution in [-0.2, 0) is 9.59 Å². The Kier molecular flexibility index (Phi) is 12.7. The number of amides is 2. The van der Waals surface area contributed by atoms with E-state index in [1.807, 2.05) is 31.3 Å². The van der Waals surface area contributed by atoms with Gasteiger partial charge in [-0.05, 0) is 37.8 Å². The Morgan fingerprint density at radius 1 is 1.26 bits per heavy atom. The molecule has 1 aliphatic carbocycles. The first-order valence-corrected chi connectivity index (χ1v) is 10.6. The number of carbonyl (C=O) groups excluding carboxylic acids is 2. The van der Waals surface area contributed by atoms with Crippen molar-refractivity contribution in [3.8, 4) is 5.75 Å². The molecule has 31 heavy (non-hydrogen) atoms. The van der Waals surface area contributed by atoms with E-state index in [0.717, 1.165) is 37.1 Å². The average Bonchev–Trinajstić information content (AvgIpc) is 2.81. The van der Waals surface area contributed by atoms with Crippen LogP contribution >= 0.6 is 11.6 Å². The second kappa shape index (κ2) is 15.0. The maximum atomic E-state index is 12.2. The van der Waals surface area contributed by atoms with Crippen LogP contribution in [0.3, 0.4) is 0 Å². The third-order valence-corrected chi connectivity index (χ3v) is 4.96. The molecule has 3 N–H and O–H groups in total. The number of hydrogen-bond donors (Lipinski definition) is 3. The number of carbonyl (C=O) groups is 2. The van der Waals surface area contributed by atoms with Crippen LogP contribution in [-0.4, -0.2) is 63.4 Å². The summed E-state index contributed by atoms with van der Waals surface area (Å²) in [5.41, 5.74) is 1.34. The van der Waals surface area contributed by atoms with Gasteiger partial charge in [-0.2, -0.15) is 0 Å². The Morgan fingerprint density at radius 3 is 2.48 bits per heavy atom. The van der Waals surface area contributed by atoms with Crippen LogP contribution in [0.15, 0.2) is 46.5 Å². The minimum atomic E-state index is -0.283. The molecule has 0 bridgehead atoms. The Bertz CT molecular complexity index is 763. The summed E-state index contributed by atoms with van der Waals surface area (Å²) in [4.78, 5) is 31.1. The van der Waals surface area contributed by atoms with Crippen molar-refractivity contribution in [1.29, 1.82) is 0 Å². The number of rotatable bonds is 8. The smallest absolute Gasteiger partial charge is 0.269 e. The van der Waals surface area contributed by atoms with Crippen LogP contribution in [0.2, 0.25) is 0 Å². The zero-order valence-corrected chi connectivity index (χ0v) is 19.1. The largest absolute Gasteiger partial charge is 0.497 e. The average molecular weight is 450 g/mol. The van der Waals surface area contributed by atoms with Gasteiger partial charge in [0.2, 0.25) is 5.91 Å². The maximum absolute atomic E-state index is 12.2. The van der Waals surface area contributed by atoms with E-state index < -0.39 is 0 Å². The summed E-state index contributed by atoms with van der Waals surface area (Å²) in [6.07, 6.45) is 6.60. The lowest BCUT2D eigenvalue weighted by molar-refractivity contribution is -0.121. The second-order valence-electron chi connectivity index (χ2n) is 6.76. The van der Waals surface area contributed by atoms with E-state index >= 15 is 0 Å². The molecular formula is C22H32ClN5O3. The molecule has 2 unspecified atom stereocenters. The van der Waals surface area contributed by atoms with Crippen molar-refractivity contribution in [2.75, 3.05) is 32.4 Å². The predicted molar refractivity (Wildman–Crippen MR) is 128 cm³/mol. The molecule has 0 aromatic heterocycles. The maximum Gasteiger partial charge on any atom is 0.269 e. The van der Waals surface area contributed by atoms with Gasteiger partial charge in [0.15, 0.2) is 0 Å². The van der Waals surface area contributed by atoms with Gasteiger partial charge in [0.25, 0.3) is 5.91 Å². The van der Waals surface area contributed by atoms with E-state index in [1.54, 1.807) is 7.11 Å². The van der Waals surface area contributed by atoms with Crippen LogP contribution in [0.4, 0.5) is 5.69 Å². The van der Waals surface area contributed by atoms with Gasteiger partial charge in [0.1, 0.15) is 17.3 Å². The number of ether oxygens (including phenoxy) is 1. The lowest BCUT2D eigenvalue weighted by Crippen LogP contribution is -2.54. The highest BCUT2D eigenvalue weighted by molar-refractivity contribution is 6.43. The summed E-state index contributed by atoms with van der Waals surface area (Å²) in [5, 5.41) is 8.79. The van der Waals surface area contributed by atoms with Gasteiger partial charge in [-0.1, -0.05) is 18.9 Å². The molecule has 2 atom stereocenters. The summed E-state index contributed by atoms with van der Waals surface area (Å²) in [7, 11) is 5.08. The molecule has 1 aliphatic rings. The fraction of sp³-hybridized carbons (Fsp3) is 0.455. The van der Waals surface area contributed by atoms with Gasteiger partial charge in [-0.15, -0.1) is 11.6 Å². The van der Waals surface area contributed by atoms with Crippen molar-refractivity contribution in [3.63, 3.8) is 0 Å². The number of nitrogens with one attached hydrogen (secondary N) is 3. The summed E-state index contributed by atoms with van der Waals surface area (Å²) in [6.45, 7) is 3.31. The van der Waals surface area contributed by atoms with Crippen LogP contribution in [0, 0.1) is 0 Å². The van der Waals surface area contributed by atoms with Crippen molar-refractivity contribution in [2.45, 2.75) is 37.8 Å². The fourth-order valence-electron chi connectivity index (χ4n) is 3.12. The molecule has 0 spiro atoms. The van der Waals surface area contributed by atoms with Crippen molar-refractivity contribution in [2.24, 2.45) is 9.98 Å². The van der Waals surface area contributed by atoms with Gasteiger partial charge < -0.3 is 20.7 Å². The molecule has 1 aromatic rings. The minimum Gasteiger partial charge on any atom is -0.497 e. The van der Waals surface area contributed by atoms with Crippen LogP contribution in [0.5, 0.6) is 5.75 Å². The quantitative estimate of drug-likeness (QED) is 0.419. The Hall–Kier alpha value is -2.87. The molecule has 0 heterocycles. The molecule has 1 saturated carbocycles. The molecule has 0 radical (unpaired) electrons. The van der Waals surface area contributed by atoms with E-state index in [4.69, 9.17) is 16.3 Å². The van der Waals surface area contributed by atoms with Crippen LogP contribution in [0.1, 0.15) is 25.7 Å². The summed E-state index contributed by atoms with van der Waals surface area (Å²) in [6, 6.07) is 7.60. The number of benzene rings is 1. The van der Waals surface area contributed by atoms with E-state index in [2.05, 4.69) is 32.7 Å². The predicted octanol–water partition coefficient (Wildman–Crippen LogP) is 2.79. The number of aliphatic imine (C=N–C) groups is 2. The molecule has 1 fully saturated rings. The van der Waals surface area contributed by atoms with Crippen molar-refractivity contribution < 1.29 is 14.3 Å². The first-order chi connectivity index (χ1) is 15.0. The number of anilines is 1. The molecule has 2 amide bonds. The Morgan fingerprint density at radius 2 is 1.94 bits per heavy atom. The molecule has 0 aliphatic heterocycles. The van der Waals surface area contributed by atoms with E-state index in [-0.39, 0.29) is 35.5 Å². The highest BCUT2D eigenvalue weighted by atomic mass is 35.5. The number of hydrogen-bond acceptors (Lipinski definition) is 6. The molecule has 2 rings (SSSR count). The zero-order chi connectivity index (χ0) is 23.1. The number of halogens is 1. The van der Waals surface area contributed by atoms with E-state index in [9.17, 15) is 9.59 Å². The third-order valence-electron chi connectivity index (χ3n) is 4.72. The molecule has 0 saturated heterocycles. The molecule has 1 aromatic carbocycles. The van der Waals surface area contributed by atoms with E-state index in [0.29, 0.717) is 0 Å². The summed E-state index contributed by atoms with van der Waals surface area (Å²) < 4.78 is 5.02. The molecule has 8 nitrogen and oxygen atoms in total. The first-order valence-electron chi connectivity index (χ1n) is 10.1. The molecular weight excluding hydrogens is 418 g/mol. The normalized spacial score (nSPS) is 18.4. The fourth-order valence-corrected chi connectivity index (χ4v) is 3.19. The highest BCUT2D eigenvalue weighted by Gasteiger charge is 2.28. The number of methoxy groups -OCH3 is 1. The molecule has 170 valence electrons. The second-order valence-corrected chi connectivity index (χ2v) is 7.03. The first kappa shape index (κ1) is 26.2. The number of nitrogens with zero attached hydrogens (tertiary/aromatic N) is 2. The van der Waals surface area contributed by atoms with Gasteiger partial charge in [-0.25, -0.2) is 0 Å². The summed E-state index contributed by atoms with van der Waals surface area (Å²) >= 11 is 5.51. The molecule has 9 heteroatoms. The SMILES string of the molecule is C=N/C=C\C(=NC)C(=O)NC1CCCCC1NC(=O)CCl.CNc1cccc(OC)c1. The van der Waals surface area contributed by atoms with Crippen molar-refractivity contribution in [1.82, 2.24) is 10.6 Å². The van der Waals surface area contributed by atoms with Crippen molar-refractivity contribution >= 4 is 41.5 Å². The van der Waals surface area contributed by atoms with Gasteiger partial charge in [0.05, 0.1) is 7.11 Å². The monoisotopic (exact) mass is 449 g/mol. The van der Waals surface area contributed by atoms with Gasteiger partial charge >= 0.3 is 0 Å². The highest BCUT2D eigenvalue weighted by Crippen LogP contribution is 2.19. The third kappa shape index (κ3) is 9.65. The standard InChI is InChI=1S/C14H21ClN4O2.C8H11NO/c1-16-8-7-12(17-2)14(21)19-11-6-4-3-5-10(11)18-13(20)9-15;1-9-7-4-3-5-8(6-7)10-2/h7-8,10-11H,1,3-6,9H2,2H3,(H,18,20)(H,19,21);3-6,9H,1-2H3/b8-7-,17-12?;. The lowest BCUT2D eigenvalue weighted by Gasteiger charge is -2.32. The topological polar surface area (TPSA) is 104 Å². The van der Waals surface area contributed by atoms with Crippen LogP contribution < -0.4 is 20.7 Å². The lowest BCUT2D eigenvalue weighted by atomic mass is 9.90. The Balaban J connectivity index is 0.000000399. The van der Waals surface area contributed by atoms with Crippen LogP contribution in [0.25, 0.3) is 0 Å². The zero-order valence-electron chi connectivity index (χ0n) is 18.4. The van der Waals surface area contributed by atoms with Gasteiger partial charge in [0, 0.05) is 44.1 Å². The minimum absolute atomic E-state index is 0.0768. The Labute approximate surface area is 189 Å². The van der Waals surface area contributed by atoms with Gasteiger partial charge in [-0.3, -0.25) is 19.6 Å².